The molecule has 1 atom stereocenters. The van der Waals surface area contributed by atoms with E-state index in [9.17, 15) is 9.59 Å². The van der Waals surface area contributed by atoms with Gasteiger partial charge in [-0.05, 0) is 19.1 Å². The average molecular weight is 339 g/mol. The van der Waals surface area contributed by atoms with Crippen molar-refractivity contribution in [2.75, 3.05) is 35.8 Å². The van der Waals surface area contributed by atoms with Crippen molar-refractivity contribution in [1.82, 2.24) is 9.97 Å². The molecule has 1 aliphatic rings. The van der Waals surface area contributed by atoms with Crippen molar-refractivity contribution in [3.05, 3.63) is 42.2 Å². The molecule has 0 radical (unpaired) electrons. The molecule has 1 N–H and O–H groups in total. The van der Waals surface area contributed by atoms with E-state index >= 15 is 0 Å². The first-order valence-corrected chi connectivity index (χ1v) is 8.11. The van der Waals surface area contributed by atoms with E-state index in [-0.39, 0.29) is 24.2 Å². The third-order valence-corrected chi connectivity index (χ3v) is 4.15. The van der Waals surface area contributed by atoms with Gasteiger partial charge in [0.25, 0.3) is 0 Å². The molecule has 1 aliphatic heterocycles. The molecule has 25 heavy (non-hydrogen) atoms. The summed E-state index contributed by atoms with van der Waals surface area (Å²) in [5.74, 6) is -0.0470. The lowest BCUT2D eigenvalue weighted by Gasteiger charge is -2.17. The van der Waals surface area contributed by atoms with E-state index in [1.54, 1.807) is 22.2 Å². The summed E-state index contributed by atoms with van der Waals surface area (Å²) < 4.78 is 0. The molecule has 130 valence electrons. The van der Waals surface area contributed by atoms with Crippen LogP contribution in [-0.4, -0.2) is 42.4 Å². The average Bonchev–Trinajstić information content (AvgIpc) is 2.98. The summed E-state index contributed by atoms with van der Waals surface area (Å²) >= 11 is 0. The first-order chi connectivity index (χ1) is 11.9. The summed E-state index contributed by atoms with van der Waals surface area (Å²) in [4.78, 5) is 36.5. The van der Waals surface area contributed by atoms with Gasteiger partial charge in [0, 0.05) is 32.7 Å². The van der Waals surface area contributed by atoms with Crippen LogP contribution in [0.4, 0.5) is 17.3 Å². The molecule has 1 aromatic carbocycles. The van der Waals surface area contributed by atoms with Crippen LogP contribution in [0.5, 0.6) is 0 Å². The molecule has 2 heterocycles. The van der Waals surface area contributed by atoms with Crippen LogP contribution in [-0.2, 0) is 9.59 Å². The monoisotopic (exact) mass is 339 g/mol. The van der Waals surface area contributed by atoms with Crippen LogP contribution in [0.1, 0.15) is 12.0 Å². The Bertz CT molecular complexity index is 771. The number of aryl methyl sites for hydroxylation is 1. The molecule has 2 aromatic rings. The Morgan fingerprint density at radius 1 is 1.20 bits per heavy atom. The lowest BCUT2D eigenvalue weighted by Crippen LogP contribution is -2.28. The number of aromatic nitrogens is 2. The van der Waals surface area contributed by atoms with Gasteiger partial charge in [0.05, 0.1) is 24.0 Å². The molecule has 1 saturated heterocycles. The summed E-state index contributed by atoms with van der Waals surface area (Å²) in [6.45, 7) is 2.37. The topological polar surface area (TPSA) is 78.4 Å². The second-order valence-corrected chi connectivity index (χ2v) is 6.40. The lowest BCUT2D eigenvalue weighted by molar-refractivity contribution is -0.122. The number of carbonyl (C=O) groups excluding carboxylic acids is 2. The summed E-state index contributed by atoms with van der Waals surface area (Å²) in [5.41, 5.74) is 2.48. The Morgan fingerprint density at radius 3 is 2.44 bits per heavy atom. The van der Waals surface area contributed by atoms with Crippen molar-refractivity contribution in [1.29, 1.82) is 0 Å². The summed E-state index contributed by atoms with van der Waals surface area (Å²) in [5, 5.41) is 2.79. The van der Waals surface area contributed by atoms with Crippen LogP contribution in [0, 0.1) is 12.8 Å². The van der Waals surface area contributed by atoms with Crippen molar-refractivity contribution in [2.24, 2.45) is 5.92 Å². The maximum absolute atomic E-state index is 12.5. The number of benzene rings is 1. The Hall–Kier alpha value is -2.96. The third-order valence-electron chi connectivity index (χ3n) is 4.15. The zero-order chi connectivity index (χ0) is 18.0. The van der Waals surface area contributed by atoms with Gasteiger partial charge < -0.3 is 15.1 Å². The highest BCUT2D eigenvalue weighted by molar-refractivity contribution is 6.03. The Labute approximate surface area is 146 Å². The second kappa shape index (κ2) is 6.88. The number of amides is 2. The molecule has 1 unspecified atom stereocenters. The number of nitrogens with one attached hydrogen (secondary N) is 1. The number of nitrogens with zero attached hydrogens (tertiary/aromatic N) is 4. The molecular weight excluding hydrogens is 318 g/mol. The normalized spacial score (nSPS) is 16.8. The quantitative estimate of drug-likeness (QED) is 0.920. The van der Waals surface area contributed by atoms with Crippen molar-refractivity contribution in [3.63, 3.8) is 0 Å². The molecule has 0 saturated carbocycles. The highest BCUT2D eigenvalue weighted by Gasteiger charge is 2.35. The molecule has 1 aromatic heterocycles. The SMILES string of the molecule is Cc1ccc(N2CC(C(=O)Nc3cnc(N(C)C)nc3)CC2=O)cc1. The van der Waals surface area contributed by atoms with E-state index in [1.165, 1.54) is 0 Å². The molecular formula is C18H21N5O2. The van der Waals surface area contributed by atoms with E-state index in [1.807, 2.05) is 45.3 Å². The fourth-order valence-electron chi connectivity index (χ4n) is 2.72. The summed E-state index contributed by atoms with van der Waals surface area (Å²) in [6.07, 6.45) is 3.33. The Kier molecular flexibility index (Phi) is 4.65. The maximum atomic E-state index is 12.5. The number of hydrogen-bond acceptors (Lipinski definition) is 5. The Balaban J connectivity index is 1.65. The maximum Gasteiger partial charge on any atom is 0.229 e. The van der Waals surface area contributed by atoms with Gasteiger partial charge in [0.15, 0.2) is 0 Å². The standard InChI is InChI=1S/C18H21N5O2/c1-12-4-6-15(7-5-12)23-11-13(8-16(23)24)17(25)21-14-9-19-18(20-10-14)22(2)3/h4-7,9-10,13H,8,11H2,1-3H3,(H,21,25). The van der Waals surface area contributed by atoms with Gasteiger partial charge in [-0.25, -0.2) is 9.97 Å². The summed E-state index contributed by atoms with van der Waals surface area (Å²) in [7, 11) is 3.69. The number of anilines is 3. The first-order valence-electron chi connectivity index (χ1n) is 8.11. The van der Waals surface area contributed by atoms with Crippen molar-refractivity contribution < 1.29 is 9.59 Å². The molecule has 3 rings (SSSR count). The van der Waals surface area contributed by atoms with Crippen molar-refractivity contribution >= 4 is 29.1 Å². The van der Waals surface area contributed by atoms with E-state index in [4.69, 9.17) is 0 Å². The largest absolute Gasteiger partial charge is 0.347 e. The highest BCUT2D eigenvalue weighted by atomic mass is 16.2. The third kappa shape index (κ3) is 3.76. The summed E-state index contributed by atoms with van der Waals surface area (Å²) in [6, 6.07) is 7.72. The molecule has 2 amide bonds. The van der Waals surface area contributed by atoms with Crippen LogP contribution in [0.3, 0.4) is 0 Å². The smallest absolute Gasteiger partial charge is 0.229 e. The van der Waals surface area contributed by atoms with Crippen LogP contribution in [0.25, 0.3) is 0 Å². The van der Waals surface area contributed by atoms with Gasteiger partial charge in [-0.3, -0.25) is 9.59 Å². The number of carbonyl (C=O) groups is 2. The van der Waals surface area contributed by atoms with Crippen LogP contribution >= 0.6 is 0 Å². The number of rotatable bonds is 4. The van der Waals surface area contributed by atoms with E-state index in [0.29, 0.717) is 18.2 Å². The van der Waals surface area contributed by atoms with Gasteiger partial charge >= 0.3 is 0 Å². The van der Waals surface area contributed by atoms with E-state index in [2.05, 4.69) is 15.3 Å². The lowest BCUT2D eigenvalue weighted by atomic mass is 10.1. The van der Waals surface area contributed by atoms with E-state index < -0.39 is 0 Å². The molecule has 7 heteroatoms. The molecule has 0 aliphatic carbocycles. The second-order valence-electron chi connectivity index (χ2n) is 6.40. The zero-order valence-electron chi connectivity index (χ0n) is 14.6. The minimum Gasteiger partial charge on any atom is -0.347 e. The predicted octanol–water partition coefficient (Wildman–Crippen LogP) is 1.84. The zero-order valence-corrected chi connectivity index (χ0v) is 14.6. The highest BCUT2D eigenvalue weighted by Crippen LogP contribution is 2.26. The molecule has 1 fully saturated rings. The van der Waals surface area contributed by atoms with Gasteiger partial charge in [0.2, 0.25) is 17.8 Å². The predicted molar refractivity (Wildman–Crippen MR) is 96.6 cm³/mol. The van der Waals surface area contributed by atoms with Gasteiger partial charge in [-0.2, -0.15) is 0 Å². The fraction of sp³-hybridized carbons (Fsp3) is 0.333. The van der Waals surface area contributed by atoms with Gasteiger partial charge in [-0.15, -0.1) is 0 Å². The van der Waals surface area contributed by atoms with Crippen LogP contribution < -0.4 is 15.1 Å². The minimum atomic E-state index is -0.387. The van der Waals surface area contributed by atoms with Crippen LogP contribution in [0.2, 0.25) is 0 Å². The van der Waals surface area contributed by atoms with Crippen LogP contribution in [0.15, 0.2) is 36.7 Å². The number of hydrogen-bond donors (Lipinski definition) is 1. The molecule has 7 nitrogen and oxygen atoms in total. The van der Waals surface area contributed by atoms with E-state index in [0.717, 1.165) is 11.3 Å². The first kappa shape index (κ1) is 16.9. The van der Waals surface area contributed by atoms with Crippen molar-refractivity contribution in [3.8, 4) is 0 Å². The molecule has 0 spiro atoms. The fourth-order valence-corrected chi connectivity index (χ4v) is 2.72. The van der Waals surface area contributed by atoms with Gasteiger partial charge in [-0.1, -0.05) is 17.7 Å². The van der Waals surface area contributed by atoms with Crippen molar-refractivity contribution in [2.45, 2.75) is 13.3 Å². The Morgan fingerprint density at radius 2 is 1.84 bits per heavy atom. The molecule has 0 bridgehead atoms. The minimum absolute atomic E-state index is 0.0387. The van der Waals surface area contributed by atoms with Gasteiger partial charge in [0.1, 0.15) is 0 Å².